The summed E-state index contributed by atoms with van der Waals surface area (Å²) in [6.45, 7) is 3.78. The molecule has 6 nitrogen and oxygen atoms in total. The molecule has 162 valence electrons. The summed E-state index contributed by atoms with van der Waals surface area (Å²) in [5.74, 6) is 1.98. The molecule has 0 bridgehead atoms. The van der Waals surface area contributed by atoms with Crippen LogP contribution >= 0.6 is 0 Å². The van der Waals surface area contributed by atoms with Crippen molar-refractivity contribution in [3.63, 3.8) is 0 Å². The summed E-state index contributed by atoms with van der Waals surface area (Å²) in [4.78, 5) is 11.0. The van der Waals surface area contributed by atoms with E-state index in [0.29, 0.717) is 18.4 Å². The van der Waals surface area contributed by atoms with Crippen molar-refractivity contribution in [1.29, 1.82) is 0 Å². The topological polar surface area (TPSA) is 56.7 Å². The van der Waals surface area contributed by atoms with Crippen LogP contribution in [0.2, 0.25) is 0 Å². The van der Waals surface area contributed by atoms with Gasteiger partial charge in [-0.1, -0.05) is 12.1 Å². The quantitative estimate of drug-likeness (QED) is 0.518. The third-order valence-corrected chi connectivity index (χ3v) is 5.43. The lowest BCUT2D eigenvalue weighted by molar-refractivity contribution is 0.166. The average Bonchev–Trinajstić information content (AvgIpc) is 3.32. The van der Waals surface area contributed by atoms with Gasteiger partial charge in [-0.25, -0.2) is 4.98 Å². The lowest BCUT2D eigenvalue weighted by atomic mass is 10.0. The first-order chi connectivity index (χ1) is 15.2. The van der Waals surface area contributed by atoms with Crippen molar-refractivity contribution in [2.24, 2.45) is 5.92 Å². The molecule has 0 saturated carbocycles. The normalized spacial score (nSPS) is 15.9. The minimum atomic E-state index is 0.456. The second-order valence-corrected chi connectivity index (χ2v) is 7.92. The first-order valence-electron chi connectivity index (χ1n) is 10.6. The van der Waals surface area contributed by atoms with Gasteiger partial charge in [0.05, 0.1) is 26.0 Å². The lowest BCUT2D eigenvalue weighted by Crippen LogP contribution is -2.19. The van der Waals surface area contributed by atoms with E-state index in [0.717, 1.165) is 60.9 Å². The highest BCUT2D eigenvalue weighted by molar-refractivity contribution is 5.70. The molecule has 0 radical (unpaired) electrons. The summed E-state index contributed by atoms with van der Waals surface area (Å²) >= 11 is 0. The second kappa shape index (κ2) is 10.4. The van der Waals surface area contributed by atoms with Gasteiger partial charge in [-0.05, 0) is 55.4 Å². The van der Waals surface area contributed by atoms with Crippen LogP contribution in [0.5, 0.6) is 11.6 Å². The van der Waals surface area contributed by atoms with Crippen LogP contribution in [-0.4, -0.2) is 48.8 Å². The van der Waals surface area contributed by atoms with Gasteiger partial charge in [0.25, 0.3) is 0 Å². The van der Waals surface area contributed by atoms with Crippen molar-refractivity contribution in [2.45, 2.75) is 19.5 Å². The van der Waals surface area contributed by atoms with E-state index in [-0.39, 0.29) is 0 Å². The van der Waals surface area contributed by atoms with Gasteiger partial charge in [0.2, 0.25) is 5.88 Å². The predicted octanol–water partition coefficient (Wildman–Crippen LogP) is 4.20. The number of hydrogen-bond acceptors (Lipinski definition) is 6. The van der Waals surface area contributed by atoms with Crippen molar-refractivity contribution < 1.29 is 14.2 Å². The monoisotopic (exact) mass is 419 g/mol. The Morgan fingerprint density at radius 2 is 1.97 bits per heavy atom. The Bertz CT molecular complexity index is 975. The summed E-state index contributed by atoms with van der Waals surface area (Å²) in [7, 11) is 3.75. The number of hydrogen-bond donors (Lipinski definition) is 0. The maximum Gasteiger partial charge on any atom is 0.221 e. The first kappa shape index (κ1) is 21.3. The fourth-order valence-corrected chi connectivity index (χ4v) is 3.82. The molecule has 1 atom stereocenters. The maximum atomic E-state index is 6.25. The molecule has 1 aliphatic rings. The Balaban J connectivity index is 1.57. The van der Waals surface area contributed by atoms with E-state index in [1.807, 2.05) is 36.5 Å². The highest BCUT2D eigenvalue weighted by Gasteiger charge is 2.18. The van der Waals surface area contributed by atoms with Crippen molar-refractivity contribution in [1.82, 2.24) is 14.9 Å². The van der Waals surface area contributed by atoms with E-state index in [9.17, 15) is 0 Å². The Morgan fingerprint density at radius 3 is 2.74 bits per heavy atom. The van der Waals surface area contributed by atoms with Crippen LogP contribution in [0, 0.1) is 5.92 Å². The molecule has 1 aliphatic heterocycles. The highest BCUT2D eigenvalue weighted by atomic mass is 16.5. The molecule has 3 heterocycles. The summed E-state index contributed by atoms with van der Waals surface area (Å²) in [5.41, 5.74) is 4.19. The highest BCUT2D eigenvalue weighted by Crippen LogP contribution is 2.32. The zero-order valence-corrected chi connectivity index (χ0v) is 18.2. The Morgan fingerprint density at radius 1 is 1.06 bits per heavy atom. The van der Waals surface area contributed by atoms with Gasteiger partial charge >= 0.3 is 0 Å². The molecule has 2 aromatic heterocycles. The number of rotatable bonds is 9. The third-order valence-electron chi connectivity index (χ3n) is 5.43. The lowest BCUT2D eigenvalue weighted by Gasteiger charge is -2.21. The van der Waals surface area contributed by atoms with E-state index < -0.39 is 0 Å². The van der Waals surface area contributed by atoms with Crippen LogP contribution in [-0.2, 0) is 17.8 Å². The second-order valence-electron chi connectivity index (χ2n) is 7.92. The van der Waals surface area contributed by atoms with Gasteiger partial charge in [-0.2, -0.15) is 0 Å². The van der Waals surface area contributed by atoms with Gasteiger partial charge < -0.3 is 14.2 Å². The average molecular weight is 420 g/mol. The molecule has 0 aliphatic carbocycles. The van der Waals surface area contributed by atoms with Crippen LogP contribution in [0.1, 0.15) is 17.7 Å². The first-order valence-corrected chi connectivity index (χ1v) is 10.6. The molecule has 31 heavy (non-hydrogen) atoms. The van der Waals surface area contributed by atoms with E-state index in [2.05, 4.69) is 40.1 Å². The Hall–Kier alpha value is -2.96. The van der Waals surface area contributed by atoms with Crippen molar-refractivity contribution in [2.75, 3.05) is 34.0 Å². The minimum absolute atomic E-state index is 0.456. The number of aromatic nitrogens is 2. The van der Waals surface area contributed by atoms with Gasteiger partial charge in [0, 0.05) is 49.1 Å². The SMILES string of the molecule is COc1ncccc1-c1ccc(OCC2CCOC2)c(CN(C)Cc2ccccn2)c1. The van der Waals surface area contributed by atoms with Crippen molar-refractivity contribution in [3.8, 4) is 22.8 Å². The molecule has 1 aromatic carbocycles. The van der Waals surface area contributed by atoms with Crippen LogP contribution < -0.4 is 9.47 Å². The summed E-state index contributed by atoms with van der Waals surface area (Å²) in [6, 6.07) is 16.3. The molecule has 0 N–H and O–H groups in total. The van der Waals surface area contributed by atoms with Crippen LogP contribution in [0.25, 0.3) is 11.1 Å². The molecule has 0 amide bonds. The minimum Gasteiger partial charge on any atom is -0.493 e. The summed E-state index contributed by atoms with van der Waals surface area (Å²) < 4.78 is 17.2. The molecule has 1 unspecified atom stereocenters. The molecule has 3 aromatic rings. The number of benzene rings is 1. The zero-order chi connectivity index (χ0) is 21.5. The van der Waals surface area contributed by atoms with Gasteiger partial charge in [-0.3, -0.25) is 9.88 Å². The number of pyridine rings is 2. The van der Waals surface area contributed by atoms with Gasteiger partial charge in [0.15, 0.2) is 0 Å². The molecule has 1 fully saturated rings. The fraction of sp³-hybridized carbons (Fsp3) is 0.360. The Labute approximate surface area is 183 Å². The van der Waals surface area contributed by atoms with E-state index in [1.54, 1.807) is 13.3 Å². The number of nitrogens with zero attached hydrogens (tertiary/aromatic N) is 3. The third kappa shape index (κ3) is 5.60. The molecular weight excluding hydrogens is 390 g/mol. The fourth-order valence-electron chi connectivity index (χ4n) is 3.82. The van der Waals surface area contributed by atoms with E-state index in [1.165, 1.54) is 0 Å². The van der Waals surface area contributed by atoms with Crippen LogP contribution in [0.3, 0.4) is 0 Å². The van der Waals surface area contributed by atoms with Crippen molar-refractivity contribution >= 4 is 0 Å². The molecule has 1 saturated heterocycles. The smallest absolute Gasteiger partial charge is 0.221 e. The summed E-state index contributed by atoms with van der Waals surface area (Å²) in [5, 5.41) is 0. The van der Waals surface area contributed by atoms with Crippen LogP contribution in [0.4, 0.5) is 0 Å². The van der Waals surface area contributed by atoms with Gasteiger partial charge in [-0.15, -0.1) is 0 Å². The molecule has 6 heteroatoms. The molecular formula is C25H29N3O3. The number of methoxy groups -OCH3 is 1. The maximum absolute atomic E-state index is 6.25. The summed E-state index contributed by atoms with van der Waals surface area (Å²) in [6.07, 6.45) is 4.63. The number of ether oxygens (including phenoxy) is 3. The standard InChI is InChI=1S/C25H29N3O3/c1-28(16-22-6-3-4-11-26-22)15-21-14-20(23-7-5-12-27-25(23)29-2)8-9-24(21)31-18-19-10-13-30-17-19/h3-9,11-12,14,19H,10,13,15-18H2,1-2H3. The molecule has 0 spiro atoms. The van der Waals surface area contributed by atoms with Crippen LogP contribution in [0.15, 0.2) is 60.9 Å². The zero-order valence-electron chi connectivity index (χ0n) is 18.2. The van der Waals surface area contributed by atoms with Crippen molar-refractivity contribution in [3.05, 3.63) is 72.2 Å². The largest absolute Gasteiger partial charge is 0.493 e. The predicted molar refractivity (Wildman–Crippen MR) is 120 cm³/mol. The van der Waals surface area contributed by atoms with E-state index >= 15 is 0 Å². The Kier molecular flexibility index (Phi) is 7.12. The molecule has 4 rings (SSSR count). The van der Waals surface area contributed by atoms with E-state index in [4.69, 9.17) is 14.2 Å². The van der Waals surface area contributed by atoms with Gasteiger partial charge in [0.1, 0.15) is 5.75 Å².